The summed E-state index contributed by atoms with van der Waals surface area (Å²) in [4.78, 5) is 47.6. The minimum atomic E-state index is -0.959. The van der Waals surface area contributed by atoms with Gasteiger partial charge < -0.3 is 19.6 Å². The predicted octanol–water partition coefficient (Wildman–Crippen LogP) is 6.44. The van der Waals surface area contributed by atoms with Gasteiger partial charge in [-0.2, -0.15) is 0 Å². The molecule has 1 N–H and O–H groups in total. The Morgan fingerprint density at radius 3 is 2.47 bits per heavy atom. The highest BCUT2D eigenvalue weighted by molar-refractivity contribution is 6.07. The molecular weight excluding hydrogens is 542 g/mol. The molecule has 1 aliphatic heterocycles. The molecule has 2 amide bonds. The number of nitrogens with zero attached hydrogens (tertiary/aromatic N) is 3. The Kier molecular flexibility index (Phi) is 8.19. The van der Waals surface area contributed by atoms with Gasteiger partial charge in [0.1, 0.15) is 5.75 Å². The molecular formula is C35H39N3O5. The van der Waals surface area contributed by atoms with E-state index in [4.69, 9.17) is 4.74 Å². The molecule has 8 heteroatoms. The number of para-hydroxylation sites is 1. The van der Waals surface area contributed by atoms with Gasteiger partial charge in [0.15, 0.2) is 0 Å². The first-order valence-corrected chi connectivity index (χ1v) is 15.6. The Balaban J connectivity index is 1.32. The highest BCUT2D eigenvalue weighted by atomic mass is 16.5. The summed E-state index contributed by atoms with van der Waals surface area (Å²) in [6.45, 7) is 4.63. The molecule has 2 heterocycles. The summed E-state index contributed by atoms with van der Waals surface area (Å²) < 4.78 is 5.64. The first-order chi connectivity index (χ1) is 20.9. The molecule has 43 heavy (non-hydrogen) atoms. The number of amides is 2. The van der Waals surface area contributed by atoms with Crippen LogP contribution in [0.2, 0.25) is 0 Å². The zero-order chi connectivity index (χ0) is 30.1. The Labute approximate surface area is 252 Å². The highest BCUT2D eigenvalue weighted by Crippen LogP contribution is 2.53. The lowest BCUT2D eigenvalue weighted by molar-refractivity contribution is -0.142. The van der Waals surface area contributed by atoms with E-state index in [0.29, 0.717) is 12.2 Å². The summed E-state index contributed by atoms with van der Waals surface area (Å²) in [7, 11) is 0. The van der Waals surface area contributed by atoms with Gasteiger partial charge >= 0.3 is 5.97 Å². The smallest absolute Gasteiger partial charge is 0.303 e. The highest BCUT2D eigenvalue weighted by Gasteiger charge is 2.51. The van der Waals surface area contributed by atoms with E-state index in [0.717, 1.165) is 72.3 Å². The molecule has 0 radical (unpaired) electrons. The molecule has 3 aliphatic rings. The molecule has 0 saturated heterocycles. The van der Waals surface area contributed by atoms with Gasteiger partial charge in [-0.1, -0.05) is 43.7 Å². The van der Waals surface area contributed by atoms with Gasteiger partial charge in [0.25, 0.3) is 5.91 Å². The maximum Gasteiger partial charge on any atom is 0.303 e. The van der Waals surface area contributed by atoms with Crippen LogP contribution in [-0.2, 0) is 16.0 Å². The van der Waals surface area contributed by atoms with Crippen LogP contribution < -0.4 is 9.64 Å². The quantitative estimate of drug-likeness (QED) is 0.296. The van der Waals surface area contributed by atoms with Crippen molar-refractivity contribution in [2.75, 3.05) is 11.5 Å². The normalized spacial score (nSPS) is 20.7. The average molecular weight is 582 g/mol. The minimum Gasteiger partial charge on any atom is -0.492 e. The summed E-state index contributed by atoms with van der Waals surface area (Å²) in [6, 6.07) is 17.7. The van der Waals surface area contributed by atoms with Crippen LogP contribution in [0.25, 0.3) is 11.3 Å². The number of benzene rings is 2. The molecule has 3 atom stereocenters. The molecule has 6 rings (SSSR count). The number of ether oxygens (including phenoxy) is 1. The van der Waals surface area contributed by atoms with Gasteiger partial charge in [0.2, 0.25) is 5.91 Å². The zero-order valence-corrected chi connectivity index (χ0v) is 24.9. The lowest BCUT2D eigenvalue weighted by Gasteiger charge is -2.48. The summed E-state index contributed by atoms with van der Waals surface area (Å²) in [5.74, 6) is -0.238. The Hall–Kier alpha value is -4.20. The first-order valence-electron chi connectivity index (χ1n) is 15.6. The van der Waals surface area contributed by atoms with Crippen LogP contribution in [0.1, 0.15) is 86.3 Å². The molecule has 2 saturated carbocycles. The molecule has 0 bridgehead atoms. The van der Waals surface area contributed by atoms with Crippen molar-refractivity contribution in [3.8, 4) is 17.0 Å². The van der Waals surface area contributed by atoms with E-state index in [1.54, 1.807) is 6.20 Å². The largest absolute Gasteiger partial charge is 0.492 e. The van der Waals surface area contributed by atoms with Crippen LogP contribution >= 0.6 is 0 Å². The van der Waals surface area contributed by atoms with Crippen molar-refractivity contribution >= 4 is 23.5 Å². The summed E-state index contributed by atoms with van der Waals surface area (Å²) in [6.07, 6.45) is 7.04. The lowest BCUT2D eigenvalue weighted by atomic mass is 9.81. The fourth-order valence-electron chi connectivity index (χ4n) is 7.10. The van der Waals surface area contributed by atoms with Crippen molar-refractivity contribution in [3.63, 3.8) is 0 Å². The zero-order valence-electron chi connectivity index (χ0n) is 24.9. The number of aliphatic carboxylic acids is 1. The SMILES string of the molecule is CCOc1cnc(-c2ccc(C(=O)N3c4ccccc4C(N(C(=O)CCC(=O)O)C4CC4)C4CCCC43)cc2)c(CC)c1. The second-order valence-corrected chi connectivity index (χ2v) is 11.8. The molecule has 3 unspecified atom stereocenters. The predicted molar refractivity (Wildman–Crippen MR) is 164 cm³/mol. The topological polar surface area (TPSA) is 100 Å². The van der Waals surface area contributed by atoms with E-state index < -0.39 is 5.97 Å². The van der Waals surface area contributed by atoms with E-state index in [-0.39, 0.29) is 48.7 Å². The molecule has 224 valence electrons. The molecule has 8 nitrogen and oxygen atoms in total. The van der Waals surface area contributed by atoms with Gasteiger partial charge in [-0.15, -0.1) is 0 Å². The third-order valence-corrected chi connectivity index (χ3v) is 9.12. The van der Waals surface area contributed by atoms with Crippen molar-refractivity contribution in [1.82, 2.24) is 9.88 Å². The molecule has 3 aromatic rings. The van der Waals surface area contributed by atoms with Crippen LogP contribution in [0.3, 0.4) is 0 Å². The van der Waals surface area contributed by atoms with E-state index in [9.17, 15) is 19.5 Å². The average Bonchev–Trinajstić information content (AvgIpc) is 3.74. The van der Waals surface area contributed by atoms with E-state index >= 15 is 0 Å². The number of carboxylic acids is 1. The molecule has 2 aromatic carbocycles. The number of carbonyl (C=O) groups is 3. The maximum atomic E-state index is 14.3. The number of anilines is 1. The van der Waals surface area contributed by atoms with Crippen LogP contribution in [-0.4, -0.2) is 51.5 Å². The second kappa shape index (κ2) is 12.2. The van der Waals surface area contributed by atoms with E-state index in [1.807, 2.05) is 71.3 Å². The molecule has 1 aromatic heterocycles. The summed E-state index contributed by atoms with van der Waals surface area (Å²) in [5, 5.41) is 9.24. The van der Waals surface area contributed by atoms with Gasteiger partial charge in [0.05, 0.1) is 31.0 Å². The van der Waals surface area contributed by atoms with Crippen molar-refractivity contribution in [1.29, 1.82) is 0 Å². The van der Waals surface area contributed by atoms with Crippen LogP contribution in [0.5, 0.6) is 5.75 Å². The van der Waals surface area contributed by atoms with Crippen LogP contribution in [0.15, 0.2) is 60.8 Å². The third kappa shape index (κ3) is 5.63. The number of carbonyl (C=O) groups excluding carboxylic acids is 2. The number of hydrogen-bond acceptors (Lipinski definition) is 5. The monoisotopic (exact) mass is 581 g/mol. The van der Waals surface area contributed by atoms with Crippen molar-refractivity contribution in [2.45, 2.75) is 83.3 Å². The number of fused-ring (bicyclic) bond motifs is 2. The fraction of sp³-hybridized carbons (Fsp3) is 0.429. The molecule has 2 fully saturated rings. The summed E-state index contributed by atoms with van der Waals surface area (Å²) in [5.41, 5.74) is 5.38. The van der Waals surface area contributed by atoms with Crippen molar-refractivity contribution < 1.29 is 24.2 Å². The fourth-order valence-corrected chi connectivity index (χ4v) is 7.10. The number of carboxylic acid groups (broad SMARTS) is 1. The van der Waals surface area contributed by atoms with E-state index in [2.05, 4.69) is 11.9 Å². The first kappa shape index (κ1) is 28.9. The molecule has 2 aliphatic carbocycles. The Morgan fingerprint density at radius 1 is 1.00 bits per heavy atom. The van der Waals surface area contributed by atoms with Crippen molar-refractivity contribution in [3.05, 3.63) is 77.5 Å². The lowest BCUT2D eigenvalue weighted by Crippen LogP contribution is -2.52. The number of pyridine rings is 1. The van der Waals surface area contributed by atoms with Crippen LogP contribution in [0.4, 0.5) is 5.69 Å². The van der Waals surface area contributed by atoms with Crippen LogP contribution in [0, 0.1) is 5.92 Å². The Morgan fingerprint density at radius 2 is 1.77 bits per heavy atom. The van der Waals surface area contributed by atoms with Crippen molar-refractivity contribution in [2.24, 2.45) is 5.92 Å². The Bertz CT molecular complexity index is 1520. The maximum absolute atomic E-state index is 14.3. The van der Waals surface area contributed by atoms with Gasteiger partial charge in [0, 0.05) is 41.2 Å². The van der Waals surface area contributed by atoms with E-state index in [1.165, 1.54) is 0 Å². The number of aryl methyl sites for hydroxylation is 1. The third-order valence-electron chi connectivity index (χ3n) is 9.12. The number of aromatic nitrogens is 1. The van der Waals surface area contributed by atoms with Gasteiger partial charge in [-0.3, -0.25) is 19.4 Å². The molecule has 0 spiro atoms. The minimum absolute atomic E-state index is 0.000161. The van der Waals surface area contributed by atoms with Gasteiger partial charge in [-0.05, 0) is 74.4 Å². The second-order valence-electron chi connectivity index (χ2n) is 11.8. The number of hydrogen-bond donors (Lipinski definition) is 1. The van der Waals surface area contributed by atoms with Gasteiger partial charge in [-0.25, -0.2) is 0 Å². The standard InChI is InChI=1S/C35H39N3O5/c1-3-22-20-26(43-4-2)21-36-33(22)23-12-14-24(15-13-23)35(42)38-29-10-6-5-8-27(29)34(28-9-7-11-30(28)38)37(25-16-17-25)31(39)18-19-32(40)41/h5-6,8,10,12-15,20-21,25,28,30,34H,3-4,7,9,11,16-19H2,1-2H3,(H,40,41). The summed E-state index contributed by atoms with van der Waals surface area (Å²) >= 11 is 0. The number of rotatable bonds is 10.